The lowest BCUT2D eigenvalue weighted by atomic mass is 10.1. The molecule has 0 aromatic heterocycles. The smallest absolute Gasteiger partial charge is 0.0975 e. The van der Waals surface area contributed by atoms with Gasteiger partial charge in [0, 0.05) is 0 Å². The number of hydrogen-bond acceptors (Lipinski definition) is 1. The van der Waals surface area contributed by atoms with Crippen molar-refractivity contribution >= 4 is 14.5 Å². The second-order valence-electron chi connectivity index (χ2n) is 2.31. The average Bonchev–Trinajstić information content (AvgIpc) is 2.04. The van der Waals surface area contributed by atoms with E-state index in [1.165, 1.54) is 6.08 Å². The molecule has 58 valence electrons. The molecule has 0 aliphatic carbocycles. The van der Waals surface area contributed by atoms with Gasteiger partial charge in [0.2, 0.25) is 0 Å². The summed E-state index contributed by atoms with van der Waals surface area (Å²) >= 11 is 0. The van der Waals surface area contributed by atoms with Crippen LogP contribution in [0.2, 0.25) is 0 Å². The van der Waals surface area contributed by atoms with Crippen molar-refractivity contribution in [3.05, 3.63) is 42.5 Å². The Bertz CT molecular complexity index is 257. The molecule has 2 heteroatoms. The first-order chi connectivity index (χ1) is 5.25. The van der Waals surface area contributed by atoms with Crippen LogP contribution in [0.15, 0.2) is 36.9 Å². The zero-order chi connectivity index (χ0) is 8.27. The maximum absolute atomic E-state index is 9.38. The molecule has 0 spiro atoms. The van der Waals surface area contributed by atoms with Crippen molar-refractivity contribution in [3.63, 3.8) is 0 Å². The fraction of sp³-hybridized carbons (Fsp3) is 0.111. The van der Waals surface area contributed by atoms with E-state index >= 15 is 0 Å². The highest BCUT2D eigenvalue weighted by atomic mass is 31.0. The molecule has 0 amide bonds. The van der Waals surface area contributed by atoms with Gasteiger partial charge in [0.15, 0.2) is 0 Å². The summed E-state index contributed by atoms with van der Waals surface area (Å²) in [4.78, 5) is 0. The lowest BCUT2D eigenvalue weighted by Crippen LogP contribution is -2.04. The van der Waals surface area contributed by atoms with E-state index in [4.69, 9.17) is 0 Å². The van der Waals surface area contributed by atoms with Crippen molar-refractivity contribution in [1.82, 2.24) is 0 Å². The minimum Gasteiger partial charge on any atom is -0.384 e. The van der Waals surface area contributed by atoms with E-state index < -0.39 is 6.10 Å². The van der Waals surface area contributed by atoms with Gasteiger partial charge in [0.05, 0.1) is 6.10 Å². The molecule has 0 fully saturated rings. The van der Waals surface area contributed by atoms with Gasteiger partial charge in [-0.25, -0.2) is 0 Å². The largest absolute Gasteiger partial charge is 0.384 e. The molecule has 0 radical (unpaired) electrons. The Balaban J connectivity index is 3.02. The lowest BCUT2D eigenvalue weighted by Gasteiger charge is -2.07. The molecule has 0 aliphatic heterocycles. The van der Waals surface area contributed by atoms with E-state index in [0.29, 0.717) is 0 Å². The molecular formula is C9H11OP. The van der Waals surface area contributed by atoms with Crippen molar-refractivity contribution < 1.29 is 5.11 Å². The Morgan fingerprint density at radius 1 is 1.45 bits per heavy atom. The molecule has 2 unspecified atom stereocenters. The van der Waals surface area contributed by atoms with Crippen LogP contribution in [0, 0.1) is 0 Å². The summed E-state index contributed by atoms with van der Waals surface area (Å²) in [5, 5.41) is 10.4. The predicted octanol–water partition coefficient (Wildman–Crippen LogP) is 1.41. The summed E-state index contributed by atoms with van der Waals surface area (Å²) < 4.78 is 0. The maximum Gasteiger partial charge on any atom is 0.0975 e. The van der Waals surface area contributed by atoms with Crippen LogP contribution in [0.4, 0.5) is 0 Å². The molecular weight excluding hydrogens is 155 g/mol. The van der Waals surface area contributed by atoms with Crippen LogP contribution in [-0.2, 0) is 0 Å². The van der Waals surface area contributed by atoms with E-state index in [2.05, 4.69) is 15.8 Å². The number of aliphatic hydroxyl groups is 1. The highest BCUT2D eigenvalue weighted by Crippen LogP contribution is 2.12. The standard InChI is InChI=1S/C9H11OP/c1-2-8(10)7-5-3-4-6-9(7)11/h2-6,8,10H,1,11H2. The van der Waals surface area contributed by atoms with E-state index in [9.17, 15) is 5.11 Å². The summed E-state index contributed by atoms with van der Waals surface area (Å²) in [5.41, 5.74) is 0.896. The maximum atomic E-state index is 9.38. The molecule has 1 rings (SSSR count). The highest BCUT2D eigenvalue weighted by Gasteiger charge is 2.03. The predicted molar refractivity (Wildman–Crippen MR) is 50.9 cm³/mol. The minimum atomic E-state index is -0.552. The average molecular weight is 166 g/mol. The summed E-state index contributed by atoms with van der Waals surface area (Å²) in [6.07, 6.45) is 0.965. The van der Waals surface area contributed by atoms with Gasteiger partial charge in [-0.15, -0.1) is 15.8 Å². The third-order valence-corrected chi connectivity index (χ3v) is 2.06. The summed E-state index contributed by atoms with van der Waals surface area (Å²) in [6.45, 7) is 3.52. The number of aliphatic hydroxyl groups excluding tert-OH is 1. The van der Waals surface area contributed by atoms with Crippen LogP contribution in [0.25, 0.3) is 0 Å². The van der Waals surface area contributed by atoms with Gasteiger partial charge in [-0.05, 0) is 10.9 Å². The first-order valence-corrected chi connectivity index (χ1v) is 3.98. The SMILES string of the molecule is C=CC(O)c1ccccc1P. The Kier molecular flexibility index (Phi) is 2.81. The van der Waals surface area contributed by atoms with Crippen LogP contribution >= 0.6 is 9.24 Å². The Hall–Kier alpha value is -0.650. The Labute approximate surface area is 69.0 Å². The van der Waals surface area contributed by atoms with Crippen LogP contribution in [0.3, 0.4) is 0 Å². The second kappa shape index (κ2) is 3.66. The minimum absolute atomic E-state index is 0.552. The fourth-order valence-electron chi connectivity index (χ4n) is 0.907. The quantitative estimate of drug-likeness (QED) is 0.520. The molecule has 1 aromatic rings. The molecule has 2 atom stereocenters. The van der Waals surface area contributed by atoms with Crippen molar-refractivity contribution in [2.75, 3.05) is 0 Å². The molecule has 0 bridgehead atoms. The molecule has 1 nitrogen and oxygen atoms in total. The van der Waals surface area contributed by atoms with Gasteiger partial charge in [-0.2, -0.15) is 0 Å². The summed E-state index contributed by atoms with van der Waals surface area (Å²) in [6, 6.07) is 7.65. The van der Waals surface area contributed by atoms with Crippen LogP contribution in [0.5, 0.6) is 0 Å². The zero-order valence-electron chi connectivity index (χ0n) is 6.20. The monoisotopic (exact) mass is 166 g/mol. The van der Waals surface area contributed by atoms with E-state index in [0.717, 1.165) is 10.9 Å². The van der Waals surface area contributed by atoms with Crippen LogP contribution in [0.1, 0.15) is 11.7 Å². The Morgan fingerprint density at radius 2 is 2.09 bits per heavy atom. The van der Waals surface area contributed by atoms with Gasteiger partial charge in [0.25, 0.3) is 0 Å². The van der Waals surface area contributed by atoms with Gasteiger partial charge in [0.1, 0.15) is 0 Å². The van der Waals surface area contributed by atoms with Crippen molar-refractivity contribution in [1.29, 1.82) is 0 Å². The number of benzene rings is 1. The van der Waals surface area contributed by atoms with Gasteiger partial charge in [-0.3, -0.25) is 0 Å². The number of hydrogen-bond donors (Lipinski definition) is 1. The first kappa shape index (κ1) is 8.45. The van der Waals surface area contributed by atoms with Crippen molar-refractivity contribution in [2.24, 2.45) is 0 Å². The summed E-state index contributed by atoms with van der Waals surface area (Å²) in [5.74, 6) is 0. The summed E-state index contributed by atoms with van der Waals surface area (Å²) in [7, 11) is 2.58. The third-order valence-electron chi connectivity index (χ3n) is 1.54. The van der Waals surface area contributed by atoms with Gasteiger partial charge < -0.3 is 5.11 Å². The fourth-order valence-corrected chi connectivity index (χ4v) is 1.29. The van der Waals surface area contributed by atoms with Gasteiger partial charge >= 0.3 is 0 Å². The zero-order valence-corrected chi connectivity index (χ0v) is 7.35. The highest BCUT2D eigenvalue weighted by molar-refractivity contribution is 7.27. The lowest BCUT2D eigenvalue weighted by molar-refractivity contribution is 0.230. The van der Waals surface area contributed by atoms with Crippen molar-refractivity contribution in [2.45, 2.75) is 6.10 Å². The van der Waals surface area contributed by atoms with E-state index in [1.807, 2.05) is 24.3 Å². The Morgan fingerprint density at radius 3 is 2.64 bits per heavy atom. The van der Waals surface area contributed by atoms with Gasteiger partial charge in [-0.1, -0.05) is 30.3 Å². The molecule has 0 saturated heterocycles. The normalized spacial score (nSPS) is 12.5. The second-order valence-corrected chi connectivity index (χ2v) is 2.93. The first-order valence-electron chi connectivity index (χ1n) is 3.40. The van der Waals surface area contributed by atoms with E-state index in [-0.39, 0.29) is 0 Å². The topological polar surface area (TPSA) is 20.2 Å². The van der Waals surface area contributed by atoms with Crippen LogP contribution in [-0.4, -0.2) is 5.11 Å². The number of rotatable bonds is 2. The third kappa shape index (κ3) is 1.89. The molecule has 1 aromatic carbocycles. The molecule has 11 heavy (non-hydrogen) atoms. The van der Waals surface area contributed by atoms with Crippen LogP contribution < -0.4 is 5.30 Å². The molecule has 1 N–H and O–H groups in total. The molecule has 0 heterocycles. The van der Waals surface area contributed by atoms with Crippen molar-refractivity contribution in [3.8, 4) is 0 Å². The van der Waals surface area contributed by atoms with E-state index in [1.54, 1.807) is 0 Å². The molecule has 0 aliphatic rings. The molecule has 0 saturated carbocycles.